The summed E-state index contributed by atoms with van der Waals surface area (Å²) >= 11 is 0. The summed E-state index contributed by atoms with van der Waals surface area (Å²) in [6.07, 6.45) is 0.557. The van der Waals surface area contributed by atoms with E-state index < -0.39 is 0 Å². The van der Waals surface area contributed by atoms with Crippen LogP contribution in [0, 0.1) is 5.82 Å². The second-order valence-electron chi connectivity index (χ2n) is 4.25. The molecule has 0 radical (unpaired) electrons. The van der Waals surface area contributed by atoms with Crippen LogP contribution in [0.3, 0.4) is 0 Å². The number of nitrogens with zero attached hydrogens (tertiary/aromatic N) is 2. The fourth-order valence-corrected chi connectivity index (χ4v) is 1.70. The molecule has 0 aliphatic rings. The van der Waals surface area contributed by atoms with Crippen LogP contribution in [0.5, 0.6) is 0 Å². The molecule has 6 heteroatoms. The highest BCUT2D eigenvalue weighted by Crippen LogP contribution is 2.09. The predicted octanol–water partition coefficient (Wildman–Crippen LogP) is 2.23. The molecule has 20 heavy (non-hydrogen) atoms. The van der Waals surface area contributed by atoms with Crippen molar-refractivity contribution in [1.82, 2.24) is 10.2 Å². The zero-order valence-corrected chi connectivity index (χ0v) is 11.1. The highest BCUT2D eigenvalue weighted by molar-refractivity contribution is 5.87. The molecule has 0 saturated heterocycles. The number of amides is 1. The van der Waals surface area contributed by atoms with Crippen molar-refractivity contribution in [2.45, 2.75) is 13.3 Å². The minimum absolute atomic E-state index is 0.195. The lowest BCUT2D eigenvalue weighted by Crippen LogP contribution is -2.10. The SMILES string of the molecule is CC(=O)Nc1ccc(NCCc2ccccc2F)nn1. The molecule has 0 aliphatic carbocycles. The third-order valence-corrected chi connectivity index (χ3v) is 2.63. The van der Waals surface area contributed by atoms with Crippen molar-refractivity contribution in [2.75, 3.05) is 17.2 Å². The third kappa shape index (κ3) is 4.01. The normalized spacial score (nSPS) is 10.1. The van der Waals surface area contributed by atoms with Gasteiger partial charge in [0.1, 0.15) is 11.6 Å². The van der Waals surface area contributed by atoms with E-state index in [0.717, 1.165) is 0 Å². The Morgan fingerprint density at radius 3 is 2.50 bits per heavy atom. The summed E-state index contributed by atoms with van der Waals surface area (Å²) in [5.41, 5.74) is 0.655. The summed E-state index contributed by atoms with van der Waals surface area (Å²) in [5.74, 6) is 0.577. The van der Waals surface area contributed by atoms with E-state index in [9.17, 15) is 9.18 Å². The number of rotatable bonds is 5. The van der Waals surface area contributed by atoms with Crippen LogP contribution in [-0.4, -0.2) is 22.6 Å². The maximum absolute atomic E-state index is 13.4. The van der Waals surface area contributed by atoms with Gasteiger partial charge < -0.3 is 10.6 Å². The van der Waals surface area contributed by atoms with Crippen molar-refractivity contribution in [3.8, 4) is 0 Å². The lowest BCUT2D eigenvalue weighted by Gasteiger charge is -2.06. The maximum Gasteiger partial charge on any atom is 0.222 e. The van der Waals surface area contributed by atoms with Crippen molar-refractivity contribution in [3.63, 3.8) is 0 Å². The first kappa shape index (κ1) is 13.9. The molecule has 2 rings (SSSR count). The van der Waals surface area contributed by atoms with Crippen LogP contribution in [0.15, 0.2) is 36.4 Å². The first-order chi connectivity index (χ1) is 9.65. The van der Waals surface area contributed by atoms with Crippen LogP contribution in [0.2, 0.25) is 0 Å². The monoisotopic (exact) mass is 274 g/mol. The Morgan fingerprint density at radius 1 is 1.15 bits per heavy atom. The first-order valence-corrected chi connectivity index (χ1v) is 6.24. The van der Waals surface area contributed by atoms with E-state index >= 15 is 0 Å². The Morgan fingerprint density at radius 2 is 1.85 bits per heavy atom. The number of anilines is 2. The Balaban J connectivity index is 1.85. The molecule has 0 spiro atoms. The molecule has 5 nitrogen and oxygen atoms in total. The van der Waals surface area contributed by atoms with E-state index in [4.69, 9.17) is 0 Å². The van der Waals surface area contributed by atoms with Crippen LogP contribution < -0.4 is 10.6 Å². The summed E-state index contributed by atoms with van der Waals surface area (Å²) in [6, 6.07) is 10.0. The number of carbonyl (C=O) groups excluding carboxylic acids is 1. The molecule has 0 saturated carbocycles. The summed E-state index contributed by atoms with van der Waals surface area (Å²) in [5, 5.41) is 13.3. The lowest BCUT2D eigenvalue weighted by atomic mass is 10.1. The van der Waals surface area contributed by atoms with Crippen LogP contribution in [0.1, 0.15) is 12.5 Å². The fourth-order valence-electron chi connectivity index (χ4n) is 1.70. The third-order valence-electron chi connectivity index (χ3n) is 2.63. The Hall–Kier alpha value is -2.50. The number of benzene rings is 1. The number of hydrogen-bond acceptors (Lipinski definition) is 4. The number of nitrogens with one attached hydrogen (secondary N) is 2. The van der Waals surface area contributed by atoms with Crippen LogP contribution in [-0.2, 0) is 11.2 Å². The fraction of sp³-hybridized carbons (Fsp3) is 0.214. The molecule has 1 aromatic carbocycles. The van der Waals surface area contributed by atoms with E-state index in [0.29, 0.717) is 30.2 Å². The van der Waals surface area contributed by atoms with Gasteiger partial charge in [-0.1, -0.05) is 18.2 Å². The lowest BCUT2D eigenvalue weighted by molar-refractivity contribution is -0.114. The van der Waals surface area contributed by atoms with E-state index in [2.05, 4.69) is 20.8 Å². The molecular weight excluding hydrogens is 259 g/mol. The van der Waals surface area contributed by atoms with Crippen LogP contribution in [0.4, 0.5) is 16.0 Å². The van der Waals surface area contributed by atoms with Gasteiger partial charge in [0.25, 0.3) is 0 Å². The molecule has 0 aliphatic heterocycles. The van der Waals surface area contributed by atoms with Gasteiger partial charge in [0.05, 0.1) is 0 Å². The van der Waals surface area contributed by atoms with Gasteiger partial charge in [-0.2, -0.15) is 0 Å². The quantitative estimate of drug-likeness (QED) is 0.877. The summed E-state index contributed by atoms with van der Waals surface area (Å²) in [4.78, 5) is 10.8. The molecule has 0 fully saturated rings. The van der Waals surface area contributed by atoms with Gasteiger partial charge in [0, 0.05) is 13.5 Å². The second kappa shape index (κ2) is 6.60. The minimum atomic E-state index is -0.207. The van der Waals surface area contributed by atoms with Crippen molar-refractivity contribution in [1.29, 1.82) is 0 Å². The molecule has 1 amide bonds. The van der Waals surface area contributed by atoms with Crippen molar-refractivity contribution in [3.05, 3.63) is 47.8 Å². The van der Waals surface area contributed by atoms with Gasteiger partial charge >= 0.3 is 0 Å². The van der Waals surface area contributed by atoms with Crippen molar-refractivity contribution >= 4 is 17.5 Å². The van der Waals surface area contributed by atoms with E-state index in [1.165, 1.54) is 13.0 Å². The smallest absolute Gasteiger partial charge is 0.222 e. The Kier molecular flexibility index (Phi) is 4.60. The average Bonchev–Trinajstić information content (AvgIpc) is 2.42. The Bertz CT molecular complexity index is 586. The molecule has 1 heterocycles. The van der Waals surface area contributed by atoms with Crippen molar-refractivity contribution in [2.24, 2.45) is 0 Å². The van der Waals surface area contributed by atoms with Gasteiger partial charge in [-0.25, -0.2) is 4.39 Å². The number of hydrogen-bond donors (Lipinski definition) is 2. The summed E-state index contributed by atoms with van der Waals surface area (Å²) in [6.45, 7) is 1.96. The molecule has 0 atom stereocenters. The number of aromatic nitrogens is 2. The topological polar surface area (TPSA) is 66.9 Å². The number of carbonyl (C=O) groups is 1. The summed E-state index contributed by atoms with van der Waals surface area (Å²) in [7, 11) is 0. The van der Waals surface area contributed by atoms with Gasteiger partial charge in [0.15, 0.2) is 5.82 Å². The Labute approximate surface area is 116 Å². The second-order valence-corrected chi connectivity index (χ2v) is 4.25. The zero-order valence-electron chi connectivity index (χ0n) is 11.1. The largest absolute Gasteiger partial charge is 0.368 e. The molecule has 1 aromatic heterocycles. The van der Waals surface area contributed by atoms with Crippen molar-refractivity contribution < 1.29 is 9.18 Å². The highest BCUT2D eigenvalue weighted by atomic mass is 19.1. The molecule has 0 bridgehead atoms. The molecule has 2 aromatic rings. The van der Waals surface area contributed by atoms with E-state index in [-0.39, 0.29) is 11.7 Å². The van der Waals surface area contributed by atoms with Crippen LogP contribution in [0.25, 0.3) is 0 Å². The molecule has 0 unspecified atom stereocenters. The van der Waals surface area contributed by atoms with E-state index in [1.54, 1.807) is 30.3 Å². The van der Waals surface area contributed by atoms with Gasteiger partial charge in [0.2, 0.25) is 5.91 Å². The van der Waals surface area contributed by atoms with E-state index in [1.807, 2.05) is 0 Å². The maximum atomic E-state index is 13.4. The molecular formula is C14H15FN4O. The number of halogens is 1. The first-order valence-electron chi connectivity index (χ1n) is 6.24. The average molecular weight is 274 g/mol. The standard InChI is InChI=1S/C14H15FN4O/c1-10(20)17-14-7-6-13(18-19-14)16-9-8-11-4-2-3-5-12(11)15/h2-7H,8-9H2,1H3,(H,16,18)(H,17,19,20). The predicted molar refractivity (Wildman–Crippen MR) is 74.9 cm³/mol. The van der Waals surface area contributed by atoms with Gasteiger partial charge in [-0.05, 0) is 30.2 Å². The molecule has 104 valence electrons. The minimum Gasteiger partial charge on any atom is -0.368 e. The summed E-state index contributed by atoms with van der Waals surface area (Å²) < 4.78 is 13.4. The zero-order chi connectivity index (χ0) is 14.4. The molecule has 2 N–H and O–H groups in total. The highest BCUT2D eigenvalue weighted by Gasteiger charge is 2.02. The van der Waals surface area contributed by atoms with Crippen LogP contribution >= 0.6 is 0 Å². The van der Waals surface area contributed by atoms with Gasteiger partial charge in [-0.3, -0.25) is 4.79 Å². The van der Waals surface area contributed by atoms with Gasteiger partial charge in [-0.15, -0.1) is 10.2 Å².